The summed E-state index contributed by atoms with van der Waals surface area (Å²) in [5.41, 5.74) is 0.890. The third-order valence-electron chi connectivity index (χ3n) is 3.61. The molecular formula is C17H17F2N5O. The van der Waals surface area contributed by atoms with Gasteiger partial charge in [-0.2, -0.15) is 5.10 Å². The zero-order valence-corrected chi connectivity index (χ0v) is 14.1. The number of nitrogens with zero attached hydrogens (tertiary/aromatic N) is 5. The van der Waals surface area contributed by atoms with Gasteiger partial charge in [0.05, 0.1) is 19.9 Å². The van der Waals surface area contributed by atoms with E-state index in [1.54, 1.807) is 43.3 Å². The summed E-state index contributed by atoms with van der Waals surface area (Å²) in [5.74, 6) is 0.00178. The fourth-order valence-corrected chi connectivity index (χ4v) is 2.37. The molecule has 130 valence electrons. The van der Waals surface area contributed by atoms with E-state index in [2.05, 4.69) is 15.1 Å². The van der Waals surface area contributed by atoms with Gasteiger partial charge in [-0.3, -0.25) is 0 Å². The van der Waals surface area contributed by atoms with Crippen molar-refractivity contribution >= 4 is 5.82 Å². The Morgan fingerprint density at radius 3 is 2.60 bits per heavy atom. The second-order valence-corrected chi connectivity index (χ2v) is 5.58. The molecule has 0 amide bonds. The first-order valence-electron chi connectivity index (χ1n) is 7.55. The lowest BCUT2D eigenvalue weighted by atomic mass is 10.2. The highest BCUT2D eigenvalue weighted by Crippen LogP contribution is 2.24. The molecule has 0 saturated carbocycles. The van der Waals surface area contributed by atoms with Crippen LogP contribution in [0.4, 0.5) is 14.6 Å². The Balaban J connectivity index is 1.98. The maximum Gasteiger partial charge on any atom is 0.212 e. The summed E-state index contributed by atoms with van der Waals surface area (Å²) in [4.78, 5) is 9.73. The topological polar surface area (TPSA) is 56.1 Å². The summed E-state index contributed by atoms with van der Waals surface area (Å²) in [7, 11) is 4.87. The SMILES string of the molecule is COc1cc(-c2ncc(F)c(N(C)C)n2)nn1Cc1ccccc1F. The Morgan fingerprint density at radius 1 is 1.16 bits per heavy atom. The second-order valence-electron chi connectivity index (χ2n) is 5.58. The number of methoxy groups -OCH3 is 1. The number of hydrogen-bond donors (Lipinski definition) is 0. The van der Waals surface area contributed by atoms with Crippen molar-refractivity contribution in [2.75, 3.05) is 26.1 Å². The quantitative estimate of drug-likeness (QED) is 0.712. The van der Waals surface area contributed by atoms with Crippen molar-refractivity contribution in [3.05, 3.63) is 53.7 Å². The Labute approximate surface area is 143 Å². The monoisotopic (exact) mass is 345 g/mol. The molecule has 0 atom stereocenters. The molecule has 2 heterocycles. The Morgan fingerprint density at radius 2 is 1.92 bits per heavy atom. The van der Waals surface area contributed by atoms with Crippen LogP contribution in [0.2, 0.25) is 0 Å². The number of ether oxygens (including phenoxy) is 1. The third kappa shape index (κ3) is 3.42. The zero-order chi connectivity index (χ0) is 18.0. The van der Waals surface area contributed by atoms with Crippen LogP contribution in [0.5, 0.6) is 5.88 Å². The van der Waals surface area contributed by atoms with Crippen molar-refractivity contribution < 1.29 is 13.5 Å². The first kappa shape index (κ1) is 16.8. The van der Waals surface area contributed by atoms with E-state index in [0.29, 0.717) is 17.1 Å². The van der Waals surface area contributed by atoms with Crippen molar-refractivity contribution in [3.63, 3.8) is 0 Å². The van der Waals surface area contributed by atoms with E-state index in [1.165, 1.54) is 17.9 Å². The van der Waals surface area contributed by atoms with E-state index in [4.69, 9.17) is 4.74 Å². The lowest BCUT2D eigenvalue weighted by Gasteiger charge is -2.12. The van der Waals surface area contributed by atoms with Crippen LogP contribution in [0.3, 0.4) is 0 Å². The zero-order valence-electron chi connectivity index (χ0n) is 14.1. The summed E-state index contributed by atoms with van der Waals surface area (Å²) >= 11 is 0. The van der Waals surface area contributed by atoms with Crippen LogP contribution in [-0.2, 0) is 6.54 Å². The largest absolute Gasteiger partial charge is 0.481 e. The van der Waals surface area contributed by atoms with Crippen molar-refractivity contribution in [3.8, 4) is 17.4 Å². The average Bonchev–Trinajstić information content (AvgIpc) is 3.00. The average molecular weight is 345 g/mol. The molecule has 0 radical (unpaired) electrons. The molecule has 0 aliphatic heterocycles. The molecule has 3 aromatic rings. The summed E-state index contributed by atoms with van der Waals surface area (Å²) in [5, 5.41) is 4.38. The maximum absolute atomic E-state index is 13.9. The van der Waals surface area contributed by atoms with Gasteiger partial charge in [-0.1, -0.05) is 18.2 Å². The first-order chi connectivity index (χ1) is 12.0. The molecule has 0 spiro atoms. The molecule has 25 heavy (non-hydrogen) atoms. The molecule has 6 nitrogen and oxygen atoms in total. The normalized spacial score (nSPS) is 10.8. The molecular weight excluding hydrogens is 328 g/mol. The molecule has 0 N–H and O–H groups in total. The molecule has 8 heteroatoms. The van der Waals surface area contributed by atoms with Gasteiger partial charge in [0.2, 0.25) is 5.88 Å². The Hall–Kier alpha value is -3.03. The van der Waals surface area contributed by atoms with E-state index in [0.717, 1.165) is 6.20 Å². The van der Waals surface area contributed by atoms with Gasteiger partial charge in [0, 0.05) is 25.7 Å². The predicted octanol–water partition coefficient (Wildman–Crippen LogP) is 2.74. The second kappa shape index (κ2) is 6.84. The Bertz CT molecular complexity index is 894. The Kier molecular flexibility index (Phi) is 4.60. The predicted molar refractivity (Wildman–Crippen MR) is 89.6 cm³/mol. The number of benzene rings is 1. The number of rotatable bonds is 5. The van der Waals surface area contributed by atoms with Crippen molar-refractivity contribution in [1.29, 1.82) is 0 Å². The number of aromatic nitrogens is 4. The van der Waals surface area contributed by atoms with Crippen molar-refractivity contribution in [2.24, 2.45) is 0 Å². The fraction of sp³-hybridized carbons (Fsp3) is 0.235. The van der Waals surface area contributed by atoms with E-state index >= 15 is 0 Å². The third-order valence-corrected chi connectivity index (χ3v) is 3.61. The van der Waals surface area contributed by atoms with Crippen molar-refractivity contribution in [2.45, 2.75) is 6.54 Å². The highest BCUT2D eigenvalue weighted by Gasteiger charge is 2.16. The number of hydrogen-bond acceptors (Lipinski definition) is 5. The van der Waals surface area contributed by atoms with Gasteiger partial charge in [-0.05, 0) is 6.07 Å². The minimum Gasteiger partial charge on any atom is -0.481 e. The molecule has 1 aromatic carbocycles. The van der Waals surface area contributed by atoms with Gasteiger partial charge in [-0.25, -0.2) is 23.4 Å². The van der Waals surface area contributed by atoms with Gasteiger partial charge in [-0.15, -0.1) is 0 Å². The van der Waals surface area contributed by atoms with Gasteiger partial charge < -0.3 is 9.64 Å². The van der Waals surface area contributed by atoms with E-state index in [1.807, 2.05) is 0 Å². The lowest BCUT2D eigenvalue weighted by molar-refractivity contribution is 0.365. The smallest absolute Gasteiger partial charge is 0.212 e. The van der Waals surface area contributed by atoms with E-state index < -0.39 is 5.82 Å². The highest BCUT2D eigenvalue weighted by molar-refractivity contribution is 5.54. The highest BCUT2D eigenvalue weighted by atomic mass is 19.1. The minimum atomic E-state index is -0.522. The van der Waals surface area contributed by atoms with Crippen LogP contribution < -0.4 is 9.64 Å². The summed E-state index contributed by atoms with van der Waals surface area (Å²) < 4.78 is 34.4. The molecule has 0 saturated heterocycles. The van der Waals surface area contributed by atoms with E-state index in [9.17, 15) is 8.78 Å². The summed E-state index contributed by atoms with van der Waals surface area (Å²) in [6, 6.07) is 8.07. The van der Waals surface area contributed by atoms with Crippen LogP contribution in [0, 0.1) is 11.6 Å². The molecule has 0 unspecified atom stereocenters. The molecule has 3 rings (SSSR count). The van der Waals surface area contributed by atoms with E-state index in [-0.39, 0.29) is 24.0 Å². The van der Waals surface area contributed by atoms with Gasteiger partial charge in [0.25, 0.3) is 0 Å². The summed E-state index contributed by atoms with van der Waals surface area (Å²) in [6.45, 7) is 0.192. The molecule has 0 bridgehead atoms. The van der Waals surface area contributed by atoms with Crippen LogP contribution in [0.15, 0.2) is 36.5 Å². The van der Waals surface area contributed by atoms with Crippen LogP contribution in [-0.4, -0.2) is 41.0 Å². The van der Waals surface area contributed by atoms with Gasteiger partial charge >= 0.3 is 0 Å². The fourth-order valence-electron chi connectivity index (χ4n) is 2.37. The van der Waals surface area contributed by atoms with Crippen LogP contribution in [0.1, 0.15) is 5.56 Å². The van der Waals surface area contributed by atoms with Crippen LogP contribution in [0.25, 0.3) is 11.5 Å². The minimum absolute atomic E-state index is 0.160. The van der Waals surface area contributed by atoms with Crippen molar-refractivity contribution in [1.82, 2.24) is 19.7 Å². The molecule has 2 aromatic heterocycles. The first-order valence-corrected chi connectivity index (χ1v) is 7.55. The molecule has 0 fully saturated rings. The number of halogens is 2. The van der Waals surface area contributed by atoms with Crippen LogP contribution >= 0.6 is 0 Å². The van der Waals surface area contributed by atoms with Gasteiger partial charge in [0.15, 0.2) is 17.5 Å². The molecule has 0 aliphatic carbocycles. The standard InChI is InChI=1S/C17H17F2N5O/c1-23(2)17-13(19)9-20-16(21-17)14-8-15(25-3)24(22-14)10-11-6-4-5-7-12(11)18/h4-9H,10H2,1-3H3. The summed E-state index contributed by atoms with van der Waals surface area (Å²) in [6.07, 6.45) is 1.10. The van der Waals surface area contributed by atoms with Gasteiger partial charge in [0.1, 0.15) is 11.5 Å². The maximum atomic E-state index is 13.9. The molecule has 0 aliphatic rings. The number of anilines is 1. The lowest BCUT2D eigenvalue weighted by Crippen LogP contribution is -2.13.